The maximum atomic E-state index is 12.6. The summed E-state index contributed by atoms with van der Waals surface area (Å²) in [7, 11) is 0. The predicted molar refractivity (Wildman–Crippen MR) is 112 cm³/mol. The van der Waals surface area contributed by atoms with Crippen molar-refractivity contribution in [1.29, 1.82) is 0 Å². The molecule has 4 bridgehead atoms. The summed E-state index contributed by atoms with van der Waals surface area (Å²) in [6.45, 7) is 0.576. The Hall–Kier alpha value is -2.70. The van der Waals surface area contributed by atoms with Crippen molar-refractivity contribution in [3.63, 3.8) is 0 Å². The van der Waals surface area contributed by atoms with E-state index in [2.05, 4.69) is 20.7 Å². The molecule has 4 aliphatic rings. The van der Waals surface area contributed by atoms with E-state index in [-0.39, 0.29) is 23.8 Å². The van der Waals surface area contributed by atoms with Gasteiger partial charge in [0.05, 0.1) is 13.1 Å². The van der Waals surface area contributed by atoms with Crippen molar-refractivity contribution < 1.29 is 9.59 Å². The lowest BCUT2D eigenvalue weighted by Crippen LogP contribution is -2.48. The van der Waals surface area contributed by atoms with Crippen LogP contribution in [0.4, 0.5) is 5.82 Å². The first kappa shape index (κ1) is 19.3. The fourth-order valence-corrected chi connectivity index (χ4v) is 6.47. The van der Waals surface area contributed by atoms with Gasteiger partial charge in [-0.3, -0.25) is 19.3 Å². The number of pyridine rings is 1. The van der Waals surface area contributed by atoms with E-state index in [9.17, 15) is 9.59 Å². The normalized spacial score (nSPS) is 29.0. The van der Waals surface area contributed by atoms with Gasteiger partial charge in [0.1, 0.15) is 0 Å². The van der Waals surface area contributed by atoms with E-state index in [1.165, 1.54) is 38.5 Å². The summed E-state index contributed by atoms with van der Waals surface area (Å²) in [5, 5.41) is 9.96. The minimum atomic E-state index is -0.250. The van der Waals surface area contributed by atoms with Gasteiger partial charge in [0.2, 0.25) is 11.8 Å². The largest absolute Gasteiger partial charge is 0.347 e. The van der Waals surface area contributed by atoms with Gasteiger partial charge in [-0.05, 0) is 73.3 Å². The van der Waals surface area contributed by atoms with Crippen molar-refractivity contribution in [2.75, 3.05) is 11.9 Å². The monoisotopic (exact) mass is 407 g/mol. The van der Waals surface area contributed by atoms with E-state index in [0.29, 0.717) is 18.8 Å². The van der Waals surface area contributed by atoms with Crippen LogP contribution in [0.25, 0.3) is 0 Å². The summed E-state index contributed by atoms with van der Waals surface area (Å²) in [6, 6.07) is 5.62. The van der Waals surface area contributed by atoms with Crippen LogP contribution in [-0.4, -0.2) is 33.1 Å². The minimum absolute atomic E-state index is 0.00852. The molecule has 2 N–H and O–H groups in total. The topological polar surface area (TPSA) is 88.9 Å². The molecule has 0 atom stereocenters. The van der Waals surface area contributed by atoms with Crippen molar-refractivity contribution in [2.45, 2.75) is 51.5 Å². The van der Waals surface area contributed by atoms with Crippen LogP contribution in [0.2, 0.25) is 0 Å². The Morgan fingerprint density at radius 3 is 2.47 bits per heavy atom. The first-order valence-electron chi connectivity index (χ1n) is 11.0. The average molecular weight is 408 g/mol. The van der Waals surface area contributed by atoms with Crippen LogP contribution in [0.5, 0.6) is 0 Å². The zero-order valence-electron chi connectivity index (χ0n) is 17.2. The summed E-state index contributed by atoms with van der Waals surface area (Å²) < 4.78 is 1.75. The fraction of sp³-hybridized carbons (Fsp3) is 0.565. The molecule has 4 saturated carbocycles. The second kappa shape index (κ2) is 7.85. The second-order valence-corrected chi connectivity index (χ2v) is 9.68. The molecule has 2 aromatic heterocycles. The number of nitrogens with zero attached hydrogens (tertiary/aromatic N) is 3. The minimum Gasteiger partial charge on any atom is -0.347 e. The van der Waals surface area contributed by atoms with E-state index in [4.69, 9.17) is 0 Å². The van der Waals surface area contributed by atoms with Crippen molar-refractivity contribution in [3.8, 4) is 0 Å². The Labute approximate surface area is 176 Å². The maximum absolute atomic E-state index is 12.6. The molecule has 30 heavy (non-hydrogen) atoms. The molecule has 0 aromatic carbocycles. The zero-order valence-corrected chi connectivity index (χ0v) is 17.2. The molecule has 0 spiro atoms. The van der Waals surface area contributed by atoms with Crippen LogP contribution >= 0.6 is 0 Å². The third kappa shape index (κ3) is 4.25. The number of hydrogen-bond acceptors (Lipinski definition) is 4. The van der Waals surface area contributed by atoms with Crippen LogP contribution < -0.4 is 10.6 Å². The number of rotatable bonds is 7. The SMILES string of the molecule is O=C(CC12CC3CC(CC(C3)C1)C2)NCC(=O)Nc1ccn(Cc2cccnc2)n1. The summed E-state index contributed by atoms with van der Waals surface area (Å²) in [4.78, 5) is 28.9. The molecule has 0 aliphatic heterocycles. The van der Waals surface area contributed by atoms with Crippen LogP contribution in [0.1, 0.15) is 50.5 Å². The van der Waals surface area contributed by atoms with E-state index in [1.807, 2.05) is 18.3 Å². The van der Waals surface area contributed by atoms with E-state index in [0.717, 1.165) is 23.3 Å². The average Bonchev–Trinajstić information content (AvgIpc) is 3.12. The standard InChI is InChI=1S/C23H29N5O2/c29-21(12-23-9-17-6-18(10-23)8-19(7-17)11-23)25-14-22(30)26-20-3-5-28(27-20)15-16-2-1-4-24-13-16/h1-5,13,17-19H,6-12,14-15H2,(H,25,29)(H,26,27,30). The van der Waals surface area contributed by atoms with Gasteiger partial charge in [0.25, 0.3) is 0 Å². The Morgan fingerprint density at radius 2 is 1.80 bits per heavy atom. The van der Waals surface area contributed by atoms with Crippen LogP contribution in [-0.2, 0) is 16.1 Å². The molecule has 2 heterocycles. The summed E-state index contributed by atoms with van der Waals surface area (Å²) in [6.07, 6.45) is 13.6. The third-order valence-corrected chi connectivity index (χ3v) is 7.12. The molecule has 6 rings (SSSR count). The van der Waals surface area contributed by atoms with Crippen molar-refractivity contribution in [2.24, 2.45) is 23.2 Å². The first-order chi connectivity index (χ1) is 14.6. The molecular formula is C23H29N5O2. The van der Waals surface area contributed by atoms with Gasteiger partial charge in [-0.25, -0.2) is 0 Å². The van der Waals surface area contributed by atoms with Crippen molar-refractivity contribution >= 4 is 17.6 Å². The lowest BCUT2D eigenvalue weighted by molar-refractivity contribution is -0.131. The number of carbonyl (C=O) groups excluding carboxylic acids is 2. The van der Waals surface area contributed by atoms with Crippen molar-refractivity contribution in [1.82, 2.24) is 20.1 Å². The molecular weight excluding hydrogens is 378 g/mol. The number of hydrogen-bond donors (Lipinski definition) is 2. The van der Waals surface area contributed by atoms with Crippen LogP contribution in [0, 0.1) is 23.2 Å². The molecule has 2 amide bonds. The number of anilines is 1. The fourth-order valence-electron chi connectivity index (χ4n) is 6.47. The lowest BCUT2D eigenvalue weighted by Gasteiger charge is -2.56. The number of amides is 2. The van der Waals surface area contributed by atoms with E-state index in [1.54, 1.807) is 23.1 Å². The summed E-state index contributed by atoms with van der Waals surface area (Å²) in [5.74, 6) is 2.73. The Bertz CT molecular complexity index is 887. The summed E-state index contributed by atoms with van der Waals surface area (Å²) in [5.41, 5.74) is 1.23. The molecule has 7 nitrogen and oxygen atoms in total. The maximum Gasteiger partial charge on any atom is 0.244 e. The summed E-state index contributed by atoms with van der Waals surface area (Å²) >= 11 is 0. The highest BCUT2D eigenvalue weighted by molar-refractivity contribution is 5.93. The van der Waals surface area contributed by atoms with Gasteiger partial charge >= 0.3 is 0 Å². The molecule has 7 heteroatoms. The number of aromatic nitrogens is 3. The highest BCUT2D eigenvalue weighted by atomic mass is 16.2. The van der Waals surface area contributed by atoms with Gasteiger partial charge < -0.3 is 10.6 Å². The van der Waals surface area contributed by atoms with Gasteiger partial charge in [-0.15, -0.1) is 0 Å². The van der Waals surface area contributed by atoms with Gasteiger partial charge in [0.15, 0.2) is 5.82 Å². The second-order valence-electron chi connectivity index (χ2n) is 9.68. The van der Waals surface area contributed by atoms with Gasteiger partial charge in [0, 0.05) is 31.1 Å². The number of carbonyl (C=O) groups is 2. The van der Waals surface area contributed by atoms with Crippen LogP contribution in [0.15, 0.2) is 36.8 Å². The zero-order chi connectivity index (χ0) is 20.6. The molecule has 4 aliphatic carbocycles. The molecule has 158 valence electrons. The molecule has 0 radical (unpaired) electrons. The molecule has 2 aromatic rings. The number of nitrogens with one attached hydrogen (secondary N) is 2. The van der Waals surface area contributed by atoms with Crippen LogP contribution in [0.3, 0.4) is 0 Å². The Balaban J connectivity index is 1.09. The molecule has 0 saturated heterocycles. The molecule has 0 unspecified atom stereocenters. The molecule has 4 fully saturated rings. The Morgan fingerprint density at radius 1 is 1.07 bits per heavy atom. The first-order valence-corrected chi connectivity index (χ1v) is 11.0. The van der Waals surface area contributed by atoms with Crippen molar-refractivity contribution in [3.05, 3.63) is 42.4 Å². The van der Waals surface area contributed by atoms with E-state index < -0.39 is 0 Å². The predicted octanol–water partition coefficient (Wildman–Crippen LogP) is 2.99. The van der Waals surface area contributed by atoms with Gasteiger partial charge in [-0.2, -0.15) is 5.10 Å². The Kier molecular flexibility index (Phi) is 5.05. The third-order valence-electron chi connectivity index (χ3n) is 7.12. The van der Waals surface area contributed by atoms with Gasteiger partial charge in [-0.1, -0.05) is 6.07 Å². The quantitative estimate of drug-likeness (QED) is 0.738. The smallest absolute Gasteiger partial charge is 0.244 e. The highest BCUT2D eigenvalue weighted by Gasteiger charge is 2.51. The highest BCUT2D eigenvalue weighted by Crippen LogP contribution is 2.61. The van der Waals surface area contributed by atoms with E-state index >= 15 is 0 Å². The lowest BCUT2D eigenvalue weighted by atomic mass is 9.49.